The number of alkyl halides is 3. The van der Waals surface area contributed by atoms with Crippen molar-refractivity contribution in [1.82, 2.24) is 4.98 Å². The fourth-order valence-electron chi connectivity index (χ4n) is 1.13. The van der Waals surface area contributed by atoms with E-state index in [9.17, 15) is 13.2 Å². The van der Waals surface area contributed by atoms with Gasteiger partial charge in [0.2, 0.25) is 0 Å². The SMILES string of the molecule is CC(C)[C@H](N)c1cc(C(F)(F)F)c[nH]1. The zero-order valence-electron chi connectivity index (χ0n) is 8.02. The molecule has 0 fully saturated rings. The highest BCUT2D eigenvalue weighted by atomic mass is 19.4. The Morgan fingerprint density at radius 2 is 1.93 bits per heavy atom. The molecular weight excluding hydrogens is 193 g/mol. The molecule has 0 saturated carbocycles. The van der Waals surface area contributed by atoms with Gasteiger partial charge in [-0.05, 0) is 12.0 Å². The van der Waals surface area contributed by atoms with Gasteiger partial charge >= 0.3 is 6.18 Å². The normalized spacial score (nSPS) is 14.8. The third-order valence-electron chi connectivity index (χ3n) is 2.11. The van der Waals surface area contributed by atoms with E-state index in [4.69, 9.17) is 5.73 Å². The molecule has 0 aliphatic carbocycles. The van der Waals surface area contributed by atoms with E-state index in [1.165, 1.54) is 0 Å². The summed E-state index contributed by atoms with van der Waals surface area (Å²) in [4.78, 5) is 2.55. The molecular formula is C9H13F3N2. The molecule has 0 aliphatic heterocycles. The minimum atomic E-state index is -4.30. The first-order valence-electron chi connectivity index (χ1n) is 4.33. The second-order valence-corrected chi connectivity index (χ2v) is 3.61. The first kappa shape index (κ1) is 11.1. The monoisotopic (exact) mass is 206 g/mol. The van der Waals surface area contributed by atoms with E-state index in [1.807, 2.05) is 13.8 Å². The first-order chi connectivity index (χ1) is 6.32. The molecule has 1 heterocycles. The van der Waals surface area contributed by atoms with Crippen molar-refractivity contribution < 1.29 is 13.2 Å². The van der Waals surface area contributed by atoms with Crippen LogP contribution in [0.15, 0.2) is 12.3 Å². The van der Waals surface area contributed by atoms with Crippen LogP contribution in [-0.2, 0) is 6.18 Å². The van der Waals surface area contributed by atoms with Gasteiger partial charge in [0.1, 0.15) is 0 Å². The standard InChI is InChI=1S/C9H13F3N2/c1-5(2)8(13)7-3-6(4-14-7)9(10,11)12/h3-5,8,14H,13H2,1-2H3/t8-/m0/s1. The fourth-order valence-corrected chi connectivity index (χ4v) is 1.13. The molecule has 1 rings (SSSR count). The molecule has 0 radical (unpaired) electrons. The molecule has 80 valence electrons. The van der Waals surface area contributed by atoms with Gasteiger partial charge in [-0.2, -0.15) is 13.2 Å². The Morgan fingerprint density at radius 3 is 2.29 bits per heavy atom. The second kappa shape index (κ2) is 3.65. The summed E-state index contributed by atoms with van der Waals surface area (Å²) < 4.78 is 36.6. The number of aromatic nitrogens is 1. The van der Waals surface area contributed by atoms with Gasteiger partial charge in [-0.3, -0.25) is 0 Å². The summed E-state index contributed by atoms with van der Waals surface area (Å²) in [5.74, 6) is 0.106. The molecule has 0 aromatic carbocycles. The molecule has 2 nitrogen and oxygen atoms in total. The smallest absolute Gasteiger partial charge is 0.363 e. The first-order valence-corrected chi connectivity index (χ1v) is 4.33. The maximum atomic E-state index is 12.2. The van der Waals surface area contributed by atoms with E-state index in [0.29, 0.717) is 5.69 Å². The molecule has 1 aromatic rings. The van der Waals surface area contributed by atoms with Crippen molar-refractivity contribution in [2.75, 3.05) is 0 Å². The van der Waals surface area contributed by atoms with Gasteiger partial charge in [-0.15, -0.1) is 0 Å². The topological polar surface area (TPSA) is 41.8 Å². The van der Waals surface area contributed by atoms with Crippen molar-refractivity contribution in [1.29, 1.82) is 0 Å². The lowest BCUT2D eigenvalue weighted by atomic mass is 10.0. The number of rotatable bonds is 2. The Morgan fingerprint density at radius 1 is 1.36 bits per heavy atom. The van der Waals surface area contributed by atoms with Crippen LogP contribution in [0.1, 0.15) is 31.1 Å². The third-order valence-corrected chi connectivity index (χ3v) is 2.11. The zero-order chi connectivity index (χ0) is 10.9. The molecule has 0 saturated heterocycles. The molecule has 3 N–H and O–H groups in total. The van der Waals surface area contributed by atoms with Crippen LogP contribution in [0.25, 0.3) is 0 Å². The Hall–Kier alpha value is -0.970. The number of halogens is 3. The van der Waals surface area contributed by atoms with Crippen LogP contribution in [0.3, 0.4) is 0 Å². The van der Waals surface area contributed by atoms with Crippen molar-refractivity contribution >= 4 is 0 Å². The molecule has 0 spiro atoms. The Labute approximate surface area is 80.3 Å². The van der Waals surface area contributed by atoms with Gasteiger partial charge in [0.15, 0.2) is 0 Å². The zero-order valence-corrected chi connectivity index (χ0v) is 8.02. The lowest BCUT2D eigenvalue weighted by Gasteiger charge is -2.13. The second-order valence-electron chi connectivity index (χ2n) is 3.61. The van der Waals surface area contributed by atoms with Crippen LogP contribution in [0.4, 0.5) is 13.2 Å². The molecule has 0 unspecified atom stereocenters. The number of nitrogens with two attached hydrogens (primary N) is 1. The van der Waals surface area contributed by atoms with Gasteiger partial charge in [0, 0.05) is 17.9 Å². The number of H-pyrrole nitrogens is 1. The largest absolute Gasteiger partial charge is 0.417 e. The predicted octanol–water partition coefficient (Wildman–Crippen LogP) is 2.69. The maximum absolute atomic E-state index is 12.2. The van der Waals surface area contributed by atoms with E-state index < -0.39 is 11.7 Å². The number of hydrogen-bond acceptors (Lipinski definition) is 1. The quantitative estimate of drug-likeness (QED) is 0.767. The van der Waals surface area contributed by atoms with Crippen LogP contribution >= 0.6 is 0 Å². The molecule has 5 heteroatoms. The van der Waals surface area contributed by atoms with E-state index in [-0.39, 0.29) is 12.0 Å². The average Bonchev–Trinajstić information content (AvgIpc) is 2.49. The summed E-state index contributed by atoms with van der Waals surface area (Å²) in [7, 11) is 0. The molecule has 14 heavy (non-hydrogen) atoms. The van der Waals surface area contributed by atoms with Crippen molar-refractivity contribution in [3.8, 4) is 0 Å². The summed E-state index contributed by atoms with van der Waals surface area (Å²) in [5, 5.41) is 0. The highest BCUT2D eigenvalue weighted by molar-refractivity contribution is 5.22. The summed E-state index contributed by atoms with van der Waals surface area (Å²) in [6.45, 7) is 3.72. The highest BCUT2D eigenvalue weighted by Gasteiger charge is 2.32. The van der Waals surface area contributed by atoms with Crippen molar-refractivity contribution in [2.45, 2.75) is 26.1 Å². The van der Waals surface area contributed by atoms with E-state index >= 15 is 0 Å². The van der Waals surface area contributed by atoms with Gasteiger partial charge in [-0.1, -0.05) is 13.8 Å². The summed E-state index contributed by atoms with van der Waals surface area (Å²) in [5.41, 5.74) is 5.44. The predicted molar refractivity (Wildman–Crippen MR) is 47.6 cm³/mol. The Bertz CT molecular complexity index is 301. The summed E-state index contributed by atoms with van der Waals surface area (Å²) in [6.07, 6.45) is -3.36. The third kappa shape index (κ3) is 2.29. The minimum Gasteiger partial charge on any atom is -0.363 e. The van der Waals surface area contributed by atoms with E-state index in [0.717, 1.165) is 12.3 Å². The molecule has 0 amide bonds. The molecule has 1 aromatic heterocycles. The molecule has 0 aliphatic rings. The lowest BCUT2D eigenvalue weighted by Crippen LogP contribution is -2.16. The van der Waals surface area contributed by atoms with Crippen LogP contribution in [-0.4, -0.2) is 4.98 Å². The van der Waals surface area contributed by atoms with Crippen LogP contribution in [0, 0.1) is 5.92 Å². The van der Waals surface area contributed by atoms with Gasteiger partial charge in [0.25, 0.3) is 0 Å². The molecule has 0 bridgehead atoms. The number of hydrogen-bond donors (Lipinski definition) is 2. The van der Waals surface area contributed by atoms with Crippen LogP contribution in [0.5, 0.6) is 0 Å². The van der Waals surface area contributed by atoms with Gasteiger partial charge in [0.05, 0.1) is 5.56 Å². The van der Waals surface area contributed by atoms with Gasteiger partial charge in [-0.25, -0.2) is 0 Å². The average molecular weight is 206 g/mol. The van der Waals surface area contributed by atoms with Crippen molar-refractivity contribution in [2.24, 2.45) is 11.7 Å². The minimum absolute atomic E-state index is 0.106. The summed E-state index contributed by atoms with van der Waals surface area (Å²) in [6, 6.07) is 0.677. The number of nitrogens with one attached hydrogen (secondary N) is 1. The Balaban J connectivity index is 2.89. The van der Waals surface area contributed by atoms with E-state index in [2.05, 4.69) is 4.98 Å². The van der Waals surface area contributed by atoms with Crippen LogP contribution < -0.4 is 5.73 Å². The van der Waals surface area contributed by atoms with Crippen LogP contribution in [0.2, 0.25) is 0 Å². The lowest BCUT2D eigenvalue weighted by molar-refractivity contribution is -0.137. The summed E-state index contributed by atoms with van der Waals surface area (Å²) >= 11 is 0. The van der Waals surface area contributed by atoms with E-state index in [1.54, 1.807) is 0 Å². The van der Waals surface area contributed by atoms with Crippen molar-refractivity contribution in [3.63, 3.8) is 0 Å². The van der Waals surface area contributed by atoms with Gasteiger partial charge < -0.3 is 10.7 Å². The Kier molecular flexibility index (Phi) is 2.89. The maximum Gasteiger partial charge on any atom is 0.417 e. The fraction of sp³-hybridized carbons (Fsp3) is 0.556. The highest BCUT2D eigenvalue weighted by Crippen LogP contribution is 2.31. The molecule has 1 atom stereocenters. The van der Waals surface area contributed by atoms with Crippen molar-refractivity contribution in [3.05, 3.63) is 23.5 Å². The number of aromatic amines is 1.